The number of nitrogens with zero attached hydrogens (tertiary/aromatic N) is 1. The van der Waals surface area contributed by atoms with Crippen molar-refractivity contribution in [3.05, 3.63) is 54.1 Å². The van der Waals surface area contributed by atoms with Gasteiger partial charge in [0.2, 0.25) is 5.91 Å². The topological polar surface area (TPSA) is 96.9 Å². The highest BCUT2D eigenvalue weighted by Gasteiger charge is 2.42. The maximum Gasteiger partial charge on any atom is 0.228 e. The van der Waals surface area contributed by atoms with Gasteiger partial charge >= 0.3 is 0 Å². The molecule has 2 N–H and O–H groups in total. The van der Waals surface area contributed by atoms with Crippen molar-refractivity contribution in [1.82, 2.24) is 0 Å². The molecule has 7 nitrogen and oxygen atoms in total. The van der Waals surface area contributed by atoms with Gasteiger partial charge in [-0.15, -0.1) is 0 Å². The summed E-state index contributed by atoms with van der Waals surface area (Å²) in [6.45, 7) is 2.53. The van der Waals surface area contributed by atoms with E-state index in [-0.39, 0.29) is 35.1 Å². The Morgan fingerprint density at radius 1 is 1.10 bits per heavy atom. The zero-order valence-corrected chi connectivity index (χ0v) is 18.1. The molecule has 1 fully saturated rings. The Balaban J connectivity index is 1.29. The molecule has 0 bridgehead atoms. The number of fused-ring (bicyclic) bond motifs is 1. The molecule has 2 aromatic carbocycles. The average molecular weight is 446 g/mol. The number of sulfone groups is 1. The third-order valence-corrected chi connectivity index (χ3v) is 7.98. The highest BCUT2D eigenvalue weighted by atomic mass is 32.2. The van der Waals surface area contributed by atoms with Crippen LogP contribution in [0, 0.1) is 0 Å². The lowest BCUT2D eigenvalue weighted by atomic mass is 10.1. The summed E-state index contributed by atoms with van der Waals surface area (Å²) in [5.74, 6) is 1.01. The van der Waals surface area contributed by atoms with Gasteiger partial charge in [-0.3, -0.25) is 9.79 Å². The molecule has 2 aliphatic rings. The summed E-state index contributed by atoms with van der Waals surface area (Å²) in [4.78, 5) is 16.8. The summed E-state index contributed by atoms with van der Waals surface area (Å²) in [6.07, 6.45) is 0.269. The minimum Gasteiger partial charge on any atom is -0.494 e. The van der Waals surface area contributed by atoms with Gasteiger partial charge in [-0.1, -0.05) is 23.9 Å². The number of amidine groups is 1. The molecule has 0 aromatic heterocycles. The molecule has 2 heterocycles. The lowest BCUT2D eigenvalue weighted by molar-refractivity contribution is -0.115. The summed E-state index contributed by atoms with van der Waals surface area (Å²) in [5, 5.41) is 6.89. The van der Waals surface area contributed by atoms with Gasteiger partial charge in [-0.05, 0) is 48.9 Å². The Kier molecular flexibility index (Phi) is 6.01. The van der Waals surface area contributed by atoms with Crippen molar-refractivity contribution in [2.75, 3.05) is 28.7 Å². The fourth-order valence-corrected chi connectivity index (χ4v) is 7.11. The summed E-state index contributed by atoms with van der Waals surface area (Å²) in [7, 11) is -2.95. The molecule has 4 rings (SSSR count). The number of benzene rings is 2. The minimum atomic E-state index is -2.95. The van der Waals surface area contributed by atoms with E-state index in [0.717, 1.165) is 27.9 Å². The van der Waals surface area contributed by atoms with Gasteiger partial charge < -0.3 is 15.4 Å². The number of carbonyl (C=O) groups excluding carboxylic acids is 1. The minimum absolute atomic E-state index is 0.0167. The SMILES string of the molecule is CCOc1ccc(NC(=O)Cc2ccc(NC3=N[C@H]4CS(=O)(=O)C[C@@H]4S3)cc2)cc1. The molecule has 1 amide bonds. The average Bonchev–Trinajstić information content (AvgIpc) is 3.17. The van der Waals surface area contributed by atoms with Gasteiger partial charge in [-0.25, -0.2) is 8.42 Å². The van der Waals surface area contributed by atoms with Crippen molar-refractivity contribution >= 4 is 44.0 Å². The maximum atomic E-state index is 12.3. The van der Waals surface area contributed by atoms with Crippen molar-refractivity contribution in [2.45, 2.75) is 24.6 Å². The number of thioether (sulfide) groups is 1. The number of rotatable bonds is 6. The third kappa shape index (κ3) is 5.14. The van der Waals surface area contributed by atoms with Crippen LogP contribution in [0.2, 0.25) is 0 Å². The number of nitrogens with one attached hydrogen (secondary N) is 2. The molecule has 0 radical (unpaired) electrons. The van der Waals surface area contributed by atoms with E-state index in [4.69, 9.17) is 4.74 Å². The van der Waals surface area contributed by atoms with Crippen LogP contribution in [0.3, 0.4) is 0 Å². The zero-order valence-electron chi connectivity index (χ0n) is 16.5. The lowest BCUT2D eigenvalue weighted by Crippen LogP contribution is -2.14. The number of ether oxygens (including phenoxy) is 1. The molecule has 0 aliphatic carbocycles. The van der Waals surface area contributed by atoms with Crippen molar-refractivity contribution in [1.29, 1.82) is 0 Å². The van der Waals surface area contributed by atoms with Crippen LogP contribution in [0.5, 0.6) is 5.75 Å². The third-order valence-electron chi connectivity index (χ3n) is 4.84. The molecule has 2 atom stereocenters. The molecule has 2 aliphatic heterocycles. The second-order valence-electron chi connectivity index (χ2n) is 7.24. The molecule has 158 valence electrons. The normalized spacial score (nSPS) is 21.6. The predicted octanol–water partition coefficient (Wildman–Crippen LogP) is 2.95. The number of amides is 1. The molecule has 1 saturated heterocycles. The first-order valence-electron chi connectivity index (χ1n) is 9.74. The van der Waals surface area contributed by atoms with E-state index in [2.05, 4.69) is 15.6 Å². The monoisotopic (exact) mass is 445 g/mol. The summed E-state index contributed by atoms with van der Waals surface area (Å²) < 4.78 is 28.7. The van der Waals surface area contributed by atoms with Crippen LogP contribution >= 0.6 is 11.8 Å². The largest absolute Gasteiger partial charge is 0.494 e. The van der Waals surface area contributed by atoms with Crippen molar-refractivity contribution in [3.8, 4) is 5.75 Å². The summed E-state index contributed by atoms with van der Waals surface area (Å²) in [6, 6.07) is 14.7. The van der Waals surface area contributed by atoms with Crippen LogP contribution in [-0.2, 0) is 21.1 Å². The fraction of sp³-hybridized carbons (Fsp3) is 0.333. The smallest absolute Gasteiger partial charge is 0.228 e. The van der Waals surface area contributed by atoms with Crippen molar-refractivity contribution in [2.24, 2.45) is 4.99 Å². The first-order chi connectivity index (χ1) is 14.4. The highest BCUT2D eigenvalue weighted by Crippen LogP contribution is 2.34. The van der Waals surface area contributed by atoms with Crippen molar-refractivity contribution < 1.29 is 17.9 Å². The molecule has 2 aromatic rings. The van der Waals surface area contributed by atoms with Crippen LogP contribution in [0.1, 0.15) is 12.5 Å². The number of aliphatic imine (C=N–C) groups is 1. The first-order valence-corrected chi connectivity index (χ1v) is 12.4. The standard InChI is InChI=1S/C21H23N3O4S2/c1-2-28-17-9-7-15(8-10-17)22-20(25)11-14-3-5-16(6-4-14)23-21-24-18-12-30(26,27)13-19(18)29-21/h3-10,18-19H,2,11-13H2,1H3,(H,22,25)(H,23,24)/t18-,19-/m0/s1. The van der Waals surface area contributed by atoms with Crippen LogP contribution < -0.4 is 15.4 Å². The van der Waals surface area contributed by atoms with Crippen LogP contribution in [-0.4, -0.2) is 48.9 Å². The molecular weight excluding hydrogens is 422 g/mol. The number of hydrogen-bond acceptors (Lipinski definition) is 7. The first kappa shape index (κ1) is 20.7. The second-order valence-corrected chi connectivity index (χ2v) is 10.6. The zero-order chi connectivity index (χ0) is 21.1. The fourth-order valence-electron chi connectivity index (χ4n) is 3.44. The number of hydrogen-bond donors (Lipinski definition) is 2. The molecular formula is C21H23N3O4S2. The van der Waals surface area contributed by atoms with Gasteiger partial charge in [0.15, 0.2) is 15.0 Å². The predicted molar refractivity (Wildman–Crippen MR) is 121 cm³/mol. The molecule has 9 heteroatoms. The molecule has 30 heavy (non-hydrogen) atoms. The summed E-state index contributed by atoms with van der Waals surface area (Å²) in [5.41, 5.74) is 2.48. The van der Waals surface area contributed by atoms with E-state index in [1.165, 1.54) is 11.8 Å². The van der Waals surface area contributed by atoms with E-state index in [1.807, 2.05) is 55.5 Å². The molecule has 0 unspecified atom stereocenters. The van der Waals surface area contributed by atoms with Gasteiger partial charge in [-0.2, -0.15) is 0 Å². The van der Waals surface area contributed by atoms with Gasteiger partial charge in [0.1, 0.15) is 5.75 Å². The highest BCUT2D eigenvalue weighted by molar-refractivity contribution is 8.15. The lowest BCUT2D eigenvalue weighted by Gasteiger charge is -2.09. The van der Waals surface area contributed by atoms with Gasteiger partial charge in [0.25, 0.3) is 0 Å². The second kappa shape index (κ2) is 8.69. The Morgan fingerprint density at radius 3 is 2.47 bits per heavy atom. The van der Waals surface area contributed by atoms with Crippen molar-refractivity contribution in [3.63, 3.8) is 0 Å². The number of carbonyl (C=O) groups is 1. The Hall–Kier alpha value is -2.52. The quantitative estimate of drug-likeness (QED) is 0.710. The number of anilines is 2. The van der Waals surface area contributed by atoms with E-state index in [9.17, 15) is 13.2 Å². The van der Waals surface area contributed by atoms with Crippen LogP contribution in [0.25, 0.3) is 0 Å². The van der Waals surface area contributed by atoms with E-state index < -0.39 is 9.84 Å². The van der Waals surface area contributed by atoms with E-state index in [0.29, 0.717) is 6.61 Å². The Labute approximate surface area is 180 Å². The maximum absolute atomic E-state index is 12.3. The Morgan fingerprint density at radius 2 is 1.80 bits per heavy atom. The molecule has 0 spiro atoms. The Bertz CT molecular complexity index is 1050. The summed E-state index contributed by atoms with van der Waals surface area (Å²) >= 11 is 1.49. The van der Waals surface area contributed by atoms with E-state index in [1.54, 1.807) is 0 Å². The van der Waals surface area contributed by atoms with Gasteiger partial charge in [0.05, 0.1) is 30.6 Å². The van der Waals surface area contributed by atoms with Crippen LogP contribution in [0.15, 0.2) is 53.5 Å². The van der Waals surface area contributed by atoms with Gasteiger partial charge in [0, 0.05) is 16.6 Å². The van der Waals surface area contributed by atoms with Crippen LogP contribution in [0.4, 0.5) is 11.4 Å². The van der Waals surface area contributed by atoms with E-state index >= 15 is 0 Å². The molecule has 0 saturated carbocycles.